The molecule has 0 amide bonds. The second-order valence-corrected chi connectivity index (χ2v) is 4.22. The van der Waals surface area contributed by atoms with Crippen molar-refractivity contribution >= 4 is 11.8 Å². The average Bonchev–Trinajstić information content (AvgIpc) is 2.90. The van der Waals surface area contributed by atoms with Gasteiger partial charge in [-0.2, -0.15) is 4.98 Å². The van der Waals surface area contributed by atoms with E-state index < -0.39 is 0 Å². The fraction of sp³-hybridized carbons (Fsp3) is 0.385. The molecule has 5 nitrogen and oxygen atoms in total. The Morgan fingerprint density at radius 3 is 2.72 bits per heavy atom. The Hall–Kier alpha value is -2.04. The van der Waals surface area contributed by atoms with Crippen LogP contribution in [0, 0.1) is 0 Å². The van der Waals surface area contributed by atoms with Crippen LogP contribution in [0.5, 0.6) is 0 Å². The molecule has 0 aliphatic heterocycles. The van der Waals surface area contributed by atoms with Crippen molar-refractivity contribution in [1.82, 2.24) is 9.97 Å². The molecule has 5 heteroatoms. The minimum Gasteiger partial charge on any atom is -0.472 e. The maximum absolute atomic E-state index is 5.05. The predicted molar refractivity (Wildman–Crippen MR) is 71.8 cm³/mol. The lowest BCUT2D eigenvalue weighted by Gasteiger charge is -2.20. The summed E-state index contributed by atoms with van der Waals surface area (Å²) < 4.78 is 5.05. The summed E-state index contributed by atoms with van der Waals surface area (Å²) in [5, 5.41) is 0. The van der Waals surface area contributed by atoms with Gasteiger partial charge >= 0.3 is 0 Å². The number of hydrogen-bond donors (Lipinski definition) is 0. The van der Waals surface area contributed by atoms with Crippen molar-refractivity contribution in [2.75, 3.05) is 30.4 Å². The third kappa shape index (κ3) is 2.80. The van der Waals surface area contributed by atoms with Gasteiger partial charge in [0.25, 0.3) is 0 Å². The molecule has 0 N–H and O–H groups in total. The van der Waals surface area contributed by atoms with Gasteiger partial charge < -0.3 is 14.2 Å². The van der Waals surface area contributed by atoms with E-state index in [-0.39, 0.29) is 0 Å². The highest BCUT2D eigenvalue weighted by atomic mass is 16.3. The van der Waals surface area contributed by atoms with Crippen LogP contribution in [0.2, 0.25) is 0 Å². The molecule has 0 radical (unpaired) electrons. The van der Waals surface area contributed by atoms with Crippen LogP contribution < -0.4 is 9.80 Å². The molecule has 0 aliphatic rings. The van der Waals surface area contributed by atoms with E-state index >= 15 is 0 Å². The second kappa shape index (κ2) is 5.53. The molecule has 0 aromatic carbocycles. The van der Waals surface area contributed by atoms with Gasteiger partial charge in [0, 0.05) is 38.9 Å². The molecule has 96 valence electrons. The van der Waals surface area contributed by atoms with Crippen molar-refractivity contribution in [3.63, 3.8) is 0 Å². The van der Waals surface area contributed by atoms with Gasteiger partial charge in [0.2, 0.25) is 5.95 Å². The lowest BCUT2D eigenvalue weighted by molar-refractivity contribution is 0.563. The van der Waals surface area contributed by atoms with Gasteiger partial charge in [0.1, 0.15) is 5.82 Å². The highest BCUT2D eigenvalue weighted by Gasteiger charge is 2.08. The molecule has 0 spiro atoms. The number of rotatable bonds is 5. The predicted octanol–water partition coefficient (Wildman–Crippen LogP) is 2.16. The quantitative estimate of drug-likeness (QED) is 0.809. The minimum atomic E-state index is 0.717. The van der Waals surface area contributed by atoms with Crippen LogP contribution in [0.1, 0.15) is 12.5 Å². The molecule has 0 saturated heterocycles. The summed E-state index contributed by atoms with van der Waals surface area (Å²) >= 11 is 0. The summed E-state index contributed by atoms with van der Waals surface area (Å²) in [6.07, 6.45) is 5.19. The molecular formula is C13H18N4O. The molecule has 0 saturated carbocycles. The molecule has 0 fully saturated rings. The normalized spacial score (nSPS) is 10.4. The van der Waals surface area contributed by atoms with Crippen LogP contribution in [0.15, 0.2) is 35.3 Å². The van der Waals surface area contributed by atoms with Gasteiger partial charge in [-0.3, -0.25) is 0 Å². The summed E-state index contributed by atoms with van der Waals surface area (Å²) in [7, 11) is 3.99. The van der Waals surface area contributed by atoms with Gasteiger partial charge in [-0.1, -0.05) is 0 Å². The van der Waals surface area contributed by atoms with Crippen LogP contribution in [-0.4, -0.2) is 30.6 Å². The number of aromatic nitrogens is 2. The summed E-state index contributed by atoms with van der Waals surface area (Å²) in [4.78, 5) is 12.9. The van der Waals surface area contributed by atoms with E-state index in [0.717, 1.165) is 24.5 Å². The minimum absolute atomic E-state index is 0.717. The van der Waals surface area contributed by atoms with Gasteiger partial charge in [0.15, 0.2) is 0 Å². The van der Waals surface area contributed by atoms with Crippen LogP contribution >= 0.6 is 0 Å². The van der Waals surface area contributed by atoms with E-state index in [0.29, 0.717) is 5.95 Å². The Bertz CT molecular complexity index is 483. The zero-order valence-electron chi connectivity index (χ0n) is 11.0. The molecule has 18 heavy (non-hydrogen) atoms. The molecule has 0 atom stereocenters. The van der Waals surface area contributed by atoms with Crippen molar-refractivity contribution in [3.05, 3.63) is 36.4 Å². The maximum Gasteiger partial charge on any atom is 0.227 e. The third-order valence-electron chi connectivity index (χ3n) is 2.83. The van der Waals surface area contributed by atoms with E-state index in [2.05, 4.69) is 21.8 Å². The topological polar surface area (TPSA) is 45.4 Å². The second-order valence-electron chi connectivity index (χ2n) is 4.22. The number of nitrogens with zero attached hydrogens (tertiary/aromatic N) is 4. The molecule has 0 unspecified atom stereocenters. The van der Waals surface area contributed by atoms with Gasteiger partial charge in [0.05, 0.1) is 12.5 Å². The van der Waals surface area contributed by atoms with Gasteiger partial charge in [-0.15, -0.1) is 0 Å². The number of furan rings is 1. The smallest absolute Gasteiger partial charge is 0.227 e. The zero-order valence-corrected chi connectivity index (χ0v) is 11.0. The van der Waals surface area contributed by atoms with Crippen LogP contribution in [0.25, 0.3) is 0 Å². The Morgan fingerprint density at radius 2 is 2.06 bits per heavy atom. The summed E-state index contributed by atoms with van der Waals surface area (Å²) in [5.41, 5.74) is 1.11. The van der Waals surface area contributed by atoms with E-state index in [1.807, 2.05) is 31.1 Å². The highest BCUT2D eigenvalue weighted by molar-refractivity contribution is 5.42. The van der Waals surface area contributed by atoms with Crippen molar-refractivity contribution in [2.45, 2.75) is 13.5 Å². The molecule has 2 aromatic heterocycles. The number of hydrogen-bond acceptors (Lipinski definition) is 5. The first-order valence-electron chi connectivity index (χ1n) is 5.97. The Kier molecular flexibility index (Phi) is 3.82. The molecule has 2 heterocycles. The first-order valence-corrected chi connectivity index (χ1v) is 5.97. The highest BCUT2D eigenvalue weighted by Crippen LogP contribution is 2.14. The van der Waals surface area contributed by atoms with Crippen molar-refractivity contribution in [1.29, 1.82) is 0 Å². The molecular weight excluding hydrogens is 228 g/mol. The molecule has 0 bridgehead atoms. The number of anilines is 2. The lowest BCUT2D eigenvalue weighted by Crippen LogP contribution is -2.22. The largest absolute Gasteiger partial charge is 0.472 e. The zero-order chi connectivity index (χ0) is 13.0. The fourth-order valence-electron chi connectivity index (χ4n) is 1.62. The van der Waals surface area contributed by atoms with Crippen LogP contribution in [0.3, 0.4) is 0 Å². The van der Waals surface area contributed by atoms with Crippen molar-refractivity contribution in [3.8, 4) is 0 Å². The Labute approximate surface area is 107 Å². The lowest BCUT2D eigenvalue weighted by atomic mass is 10.3. The molecule has 0 aliphatic carbocycles. The Morgan fingerprint density at radius 1 is 1.22 bits per heavy atom. The van der Waals surface area contributed by atoms with Crippen molar-refractivity contribution in [2.24, 2.45) is 0 Å². The van der Waals surface area contributed by atoms with Crippen LogP contribution in [0.4, 0.5) is 11.8 Å². The van der Waals surface area contributed by atoms with Crippen LogP contribution in [-0.2, 0) is 6.54 Å². The van der Waals surface area contributed by atoms with Gasteiger partial charge in [-0.05, 0) is 19.1 Å². The van der Waals surface area contributed by atoms with E-state index in [1.165, 1.54) is 0 Å². The fourth-order valence-corrected chi connectivity index (χ4v) is 1.62. The maximum atomic E-state index is 5.05. The third-order valence-corrected chi connectivity index (χ3v) is 2.83. The molecule has 2 rings (SSSR count). The van der Waals surface area contributed by atoms with E-state index in [9.17, 15) is 0 Å². The average molecular weight is 246 g/mol. The first kappa shape index (κ1) is 12.4. The summed E-state index contributed by atoms with van der Waals surface area (Å²) in [6.45, 7) is 3.74. The monoisotopic (exact) mass is 246 g/mol. The van der Waals surface area contributed by atoms with E-state index in [4.69, 9.17) is 4.42 Å². The van der Waals surface area contributed by atoms with E-state index in [1.54, 1.807) is 18.7 Å². The SMILES string of the molecule is CCN(C)c1ccnc(N(C)Cc2ccoc2)n1. The van der Waals surface area contributed by atoms with Crippen molar-refractivity contribution < 1.29 is 4.42 Å². The molecule has 2 aromatic rings. The summed E-state index contributed by atoms with van der Waals surface area (Å²) in [5.74, 6) is 1.65. The summed E-state index contributed by atoms with van der Waals surface area (Å²) in [6, 6.07) is 3.86. The van der Waals surface area contributed by atoms with Gasteiger partial charge in [-0.25, -0.2) is 4.98 Å². The first-order chi connectivity index (χ1) is 8.70. The Balaban J connectivity index is 2.12. The standard InChI is InChI=1S/C13H18N4O/c1-4-16(2)12-5-7-14-13(15-12)17(3)9-11-6-8-18-10-11/h5-8,10H,4,9H2,1-3H3.